The highest BCUT2D eigenvalue weighted by atomic mass is 16.5. The number of ether oxygens (including phenoxy) is 1. The van der Waals surface area contributed by atoms with E-state index < -0.39 is 0 Å². The Morgan fingerprint density at radius 2 is 2.00 bits per heavy atom. The van der Waals surface area contributed by atoms with E-state index in [0.29, 0.717) is 12.2 Å². The number of hydrogen-bond acceptors (Lipinski definition) is 2. The van der Waals surface area contributed by atoms with Gasteiger partial charge in [-0.25, -0.2) is 0 Å². The summed E-state index contributed by atoms with van der Waals surface area (Å²) in [6, 6.07) is 9.63. The molecule has 1 aromatic carbocycles. The second-order valence-electron chi connectivity index (χ2n) is 3.62. The van der Waals surface area contributed by atoms with Gasteiger partial charge in [-0.1, -0.05) is 43.7 Å². The molecule has 2 heteroatoms. The van der Waals surface area contributed by atoms with Gasteiger partial charge in [0.25, 0.3) is 0 Å². The van der Waals surface area contributed by atoms with E-state index in [9.17, 15) is 4.79 Å². The predicted molar refractivity (Wildman–Crippen MR) is 63.6 cm³/mol. The molecule has 16 heavy (non-hydrogen) atoms. The van der Waals surface area contributed by atoms with Crippen molar-refractivity contribution in [3.8, 4) is 0 Å². The van der Waals surface area contributed by atoms with Gasteiger partial charge in [0.1, 0.15) is 5.76 Å². The van der Waals surface area contributed by atoms with Crippen molar-refractivity contribution in [1.29, 1.82) is 0 Å². The fourth-order valence-corrected chi connectivity index (χ4v) is 1.29. The smallest absolute Gasteiger partial charge is 0.310 e. The van der Waals surface area contributed by atoms with Crippen molar-refractivity contribution < 1.29 is 9.53 Å². The van der Waals surface area contributed by atoms with Gasteiger partial charge in [0.2, 0.25) is 0 Å². The van der Waals surface area contributed by atoms with Crippen LogP contribution in [0.25, 0.3) is 0 Å². The van der Waals surface area contributed by atoms with Crippen LogP contribution in [0.15, 0.2) is 36.1 Å². The average Bonchev–Trinajstić information content (AvgIpc) is 2.27. The van der Waals surface area contributed by atoms with Gasteiger partial charge in [-0.3, -0.25) is 4.79 Å². The Kier molecular flexibility index (Phi) is 5.34. The molecule has 0 aliphatic rings. The lowest BCUT2D eigenvalue weighted by atomic mass is 10.2. The molecule has 0 aromatic heterocycles. The molecule has 0 N–H and O–H groups in total. The molecule has 0 aliphatic heterocycles. The first-order chi connectivity index (χ1) is 7.72. The van der Waals surface area contributed by atoms with Crippen molar-refractivity contribution in [3.05, 3.63) is 47.7 Å². The summed E-state index contributed by atoms with van der Waals surface area (Å²) < 4.78 is 5.12. The zero-order valence-electron chi connectivity index (χ0n) is 9.82. The molecule has 1 radical (unpaired) electrons. The van der Waals surface area contributed by atoms with Crippen molar-refractivity contribution >= 4 is 5.97 Å². The molecule has 0 unspecified atom stereocenters. The molecule has 0 saturated heterocycles. The Hall–Kier alpha value is -1.57. The van der Waals surface area contributed by atoms with Crippen molar-refractivity contribution in [3.63, 3.8) is 0 Å². The molecule has 0 spiro atoms. The first-order valence-electron chi connectivity index (χ1n) is 5.58. The van der Waals surface area contributed by atoms with E-state index in [1.807, 2.05) is 37.3 Å². The molecule has 0 aliphatic carbocycles. The second-order valence-corrected chi connectivity index (χ2v) is 3.62. The second kappa shape index (κ2) is 6.83. The van der Waals surface area contributed by atoms with Crippen LogP contribution < -0.4 is 0 Å². The fourth-order valence-electron chi connectivity index (χ4n) is 1.29. The Morgan fingerprint density at radius 3 is 2.62 bits per heavy atom. The molecule has 2 nitrogen and oxygen atoms in total. The largest absolute Gasteiger partial charge is 0.431 e. The monoisotopic (exact) mass is 217 g/mol. The van der Waals surface area contributed by atoms with Crippen molar-refractivity contribution in [1.82, 2.24) is 0 Å². The summed E-state index contributed by atoms with van der Waals surface area (Å²) in [6.45, 7) is 3.79. The zero-order valence-corrected chi connectivity index (χ0v) is 9.82. The highest BCUT2D eigenvalue weighted by Crippen LogP contribution is 2.06. The predicted octanol–water partition coefficient (Wildman–Crippen LogP) is 3.48. The van der Waals surface area contributed by atoms with Crippen LogP contribution in [0.3, 0.4) is 0 Å². The number of carbonyl (C=O) groups excluding carboxylic acids is 1. The summed E-state index contributed by atoms with van der Waals surface area (Å²) in [7, 11) is 0. The third-order valence-corrected chi connectivity index (χ3v) is 2.10. The number of allylic oxidation sites excluding steroid dienone is 1. The topological polar surface area (TPSA) is 26.3 Å². The number of hydrogen-bond donors (Lipinski definition) is 0. The maximum absolute atomic E-state index is 11.3. The standard InChI is InChI=1S/C14H17O2/c1-3-4-10-14(15)16-12(2)11-13-8-6-5-7-9-13/h5-9H,3-4,10H2,1-2H3. The molecule has 0 saturated carbocycles. The number of carbonyl (C=O) groups is 1. The van der Waals surface area contributed by atoms with E-state index in [2.05, 4.69) is 6.08 Å². The van der Waals surface area contributed by atoms with Gasteiger partial charge < -0.3 is 4.74 Å². The number of esters is 1. The summed E-state index contributed by atoms with van der Waals surface area (Å²) in [4.78, 5) is 11.3. The van der Waals surface area contributed by atoms with E-state index in [1.165, 1.54) is 0 Å². The maximum atomic E-state index is 11.3. The van der Waals surface area contributed by atoms with Crippen molar-refractivity contribution in [2.24, 2.45) is 0 Å². The molecule has 85 valence electrons. The molecule has 0 amide bonds. The third kappa shape index (κ3) is 4.78. The Bertz CT molecular complexity index is 352. The van der Waals surface area contributed by atoms with Crippen LogP contribution in [-0.4, -0.2) is 5.97 Å². The first-order valence-corrected chi connectivity index (χ1v) is 5.58. The van der Waals surface area contributed by atoms with Gasteiger partial charge >= 0.3 is 5.97 Å². The minimum atomic E-state index is -0.178. The molecule has 0 fully saturated rings. The summed E-state index contributed by atoms with van der Waals surface area (Å²) in [5, 5.41) is 0. The van der Waals surface area contributed by atoms with Gasteiger partial charge in [0.05, 0.1) is 0 Å². The van der Waals surface area contributed by atoms with Gasteiger partial charge in [-0.15, -0.1) is 0 Å². The Balaban J connectivity index is 2.49. The SMILES string of the molecule is CCCCC(=O)OC(C)=[C]c1ccccc1. The highest BCUT2D eigenvalue weighted by Gasteiger charge is 2.03. The van der Waals surface area contributed by atoms with Gasteiger partial charge in [0, 0.05) is 12.5 Å². The lowest BCUT2D eigenvalue weighted by Crippen LogP contribution is -2.02. The highest BCUT2D eigenvalue weighted by molar-refractivity contribution is 5.70. The van der Waals surface area contributed by atoms with Crippen LogP contribution in [-0.2, 0) is 9.53 Å². The van der Waals surface area contributed by atoms with Crippen LogP contribution in [0.5, 0.6) is 0 Å². The summed E-state index contributed by atoms with van der Waals surface area (Å²) >= 11 is 0. The molecule has 0 bridgehead atoms. The van der Waals surface area contributed by atoms with E-state index in [4.69, 9.17) is 4.74 Å². The van der Waals surface area contributed by atoms with Crippen LogP contribution in [0, 0.1) is 6.08 Å². The number of benzene rings is 1. The molecule has 1 rings (SSSR count). The van der Waals surface area contributed by atoms with E-state index in [1.54, 1.807) is 6.92 Å². The minimum Gasteiger partial charge on any atom is -0.431 e. The van der Waals surface area contributed by atoms with Gasteiger partial charge in [0.15, 0.2) is 0 Å². The lowest BCUT2D eigenvalue weighted by molar-refractivity contribution is -0.139. The molecular formula is C14H17O2. The summed E-state index contributed by atoms with van der Waals surface area (Å²) in [5.74, 6) is 0.343. The number of rotatable bonds is 5. The summed E-state index contributed by atoms with van der Waals surface area (Å²) in [5.41, 5.74) is 0.920. The quantitative estimate of drug-likeness (QED) is 0.557. The van der Waals surface area contributed by atoms with Crippen LogP contribution in [0.2, 0.25) is 0 Å². The number of unbranched alkanes of at least 4 members (excludes halogenated alkanes) is 1. The average molecular weight is 217 g/mol. The first kappa shape index (κ1) is 12.5. The Labute approximate surface area is 96.9 Å². The molecule has 1 aromatic rings. The normalized spacial score (nSPS) is 11.2. The zero-order chi connectivity index (χ0) is 11.8. The lowest BCUT2D eigenvalue weighted by Gasteiger charge is -2.03. The maximum Gasteiger partial charge on any atom is 0.310 e. The molecule has 0 heterocycles. The molecular weight excluding hydrogens is 200 g/mol. The van der Waals surface area contributed by atoms with Crippen LogP contribution >= 0.6 is 0 Å². The minimum absolute atomic E-state index is 0.178. The van der Waals surface area contributed by atoms with E-state index in [-0.39, 0.29) is 5.97 Å². The van der Waals surface area contributed by atoms with Gasteiger partial charge in [-0.05, 0) is 18.9 Å². The fraction of sp³-hybridized carbons (Fsp3) is 0.357. The van der Waals surface area contributed by atoms with Crippen molar-refractivity contribution in [2.45, 2.75) is 33.1 Å². The van der Waals surface area contributed by atoms with Gasteiger partial charge in [-0.2, -0.15) is 0 Å². The Morgan fingerprint density at radius 1 is 1.31 bits per heavy atom. The third-order valence-electron chi connectivity index (χ3n) is 2.10. The van der Waals surface area contributed by atoms with Crippen molar-refractivity contribution in [2.75, 3.05) is 0 Å². The van der Waals surface area contributed by atoms with Crippen LogP contribution in [0.4, 0.5) is 0 Å². The molecule has 0 atom stereocenters. The van der Waals surface area contributed by atoms with E-state index in [0.717, 1.165) is 18.4 Å². The summed E-state index contributed by atoms with van der Waals surface area (Å²) in [6.07, 6.45) is 5.37. The van der Waals surface area contributed by atoms with E-state index >= 15 is 0 Å². The van der Waals surface area contributed by atoms with Crippen LogP contribution in [0.1, 0.15) is 38.7 Å².